The zero-order valence-corrected chi connectivity index (χ0v) is 10.5. The zero-order chi connectivity index (χ0) is 12.8. The van der Waals surface area contributed by atoms with Gasteiger partial charge in [-0.3, -0.25) is 4.79 Å². The molecular weight excluding hydrogens is 228 g/mol. The number of nitrogens with two attached hydrogens (primary N) is 1. The minimum Gasteiger partial charge on any atom is -0.381 e. The second-order valence-corrected chi connectivity index (χ2v) is 4.70. The number of carbonyl (C=O) groups is 1. The van der Waals surface area contributed by atoms with Crippen molar-refractivity contribution in [2.24, 2.45) is 11.7 Å². The van der Waals surface area contributed by atoms with E-state index >= 15 is 0 Å². The fourth-order valence-electron chi connectivity index (χ4n) is 2.13. The van der Waals surface area contributed by atoms with Crippen LogP contribution in [0.15, 0.2) is 30.3 Å². The molecule has 0 bridgehead atoms. The van der Waals surface area contributed by atoms with Gasteiger partial charge in [0.2, 0.25) is 5.91 Å². The minimum absolute atomic E-state index is 0.111. The van der Waals surface area contributed by atoms with E-state index in [0.717, 1.165) is 31.6 Å². The van der Waals surface area contributed by atoms with Crippen molar-refractivity contribution in [3.05, 3.63) is 35.9 Å². The van der Waals surface area contributed by atoms with Crippen LogP contribution in [0.4, 0.5) is 0 Å². The van der Waals surface area contributed by atoms with Gasteiger partial charge in [0.15, 0.2) is 0 Å². The fourth-order valence-corrected chi connectivity index (χ4v) is 2.13. The van der Waals surface area contributed by atoms with E-state index in [2.05, 4.69) is 5.32 Å². The zero-order valence-electron chi connectivity index (χ0n) is 10.5. The normalized spacial score (nSPS) is 20.6. The first-order valence-electron chi connectivity index (χ1n) is 6.43. The van der Waals surface area contributed by atoms with E-state index in [1.165, 1.54) is 0 Å². The van der Waals surface area contributed by atoms with Crippen LogP contribution in [-0.4, -0.2) is 25.7 Å². The predicted octanol–water partition coefficient (Wildman–Crippen LogP) is 1.23. The molecular formula is C14H20N2O2. The predicted molar refractivity (Wildman–Crippen MR) is 69.9 cm³/mol. The average Bonchev–Trinajstić information content (AvgIpc) is 2.92. The lowest BCUT2D eigenvalue weighted by Crippen LogP contribution is -2.35. The van der Waals surface area contributed by atoms with E-state index in [1.54, 1.807) is 0 Å². The summed E-state index contributed by atoms with van der Waals surface area (Å²) in [6.07, 6.45) is 2.06. The Labute approximate surface area is 108 Å². The Morgan fingerprint density at radius 3 is 2.89 bits per heavy atom. The molecule has 18 heavy (non-hydrogen) atoms. The lowest BCUT2D eigenvalue weighted by atomic mass is 10.0. The van der Waals surface area contributed by atoms with Gasteiger partial charge >= 0.3 is 0 Å². The molecule has 1 amide bonds. The largest absolute Gasteiger partial charge is 0.381 e. The summed E-state index contributed by atoms with van der Waals surface area (Å²) in [7, 11) is 0. The summed E-state index contributed by atoms with van der Waals surface area (Å²) in [5.74, 6) is 0.471. The van der Waals surface area contributed by atoms with Crippen molar-refractivity contribution in [1.82, 2.24) is 5.32 Å². The topological polar surface area (TPSA) is 64.4 Å². The Kier molecular flexibility index (Phi) is 4.73. The summed E-state index contributed by atoms with van der Waals surface area (Å²) < 4.78 is 5.29. The molecule has 1 fully saturated rings. The summed E-state index contributed by atoms with van der Waals surface area (Å²) in [6.45, 7) is 2.34. The SMILES string of the molecule is N[C@@H](C(=O)NCCC1CCOC1)c1ccccc1. The third kappa shape index (κ3) is 3.55. The highest BCUT2D eigenvalue weighted by Gasteiger charge is 2.17. The molecule has 1 heterocycles. The van der Waals surface area contributed by atoms with Crippen LogP contribution in [0.1, 0.15) is 24.4 Å². The van der Waals surface area contributed by atoms with E-state index in [-0.39, 0.29) is 5.91 Å². The number of carbonyl (C=O) groups excluding carboxylic acids is 1. The van der Waals surface area contributed by atoms with E-state index in [0.29, 0.717) is 12.5 Å². The van der Waals surface area contributed by atoms with Gasteiger partial charge in [-0.15, -0.1) is 0 Å². The van der Waals surface area contributed by atoms with Gasteiger partial charge in [-0.25, -0.2) is 0 Å². The number of ether oxygens (including phenoxy) is 1. The molecule has 1 unspecified atom stereocenters. The average molecular weight is 248 g/mol. The number of rotatable bonds is 5. The first-order valence-corrected chi connectivity index (χ1v) is 6.43. The Hall–Kier alpha value is -1.39. The molecule has 0 spiro atoms. The number of amides is 1. The highest BCUT2D eigenvalue weighted by atomic mass is 16.5. The van der Waals surface area contributed by atoms with Crippen LogP contribution in [0.3, 0.4) is 0 Å². The molecule has 3 N–H and O–H groups in total. The number of hydrogen-bond acceptors (Lipinski definition) is 3. The van der Waals surface area contributed by atoms with Crippen molar-refractivity contribution in [2.45, 2.75) is 18.9 Å². The van der Waals surface area contributed by atoms with Gasteiger partial charge in [0, 0.05) is 19.8 Å². The van der Waals surface area contributed by atoms with E-state index in [9.17, 15) is 4.79 Å². The lowest BCUT2D eigenvalue weighted by Gasteiger charge is -2.13. The lowest BCUT2D eigenvalue weighted by molar-refractivity contribution is -0.122. The standard InChI is InChI=1S/C14H20N2O2/c15-13(12-4-2-1-3-5-12)14(17)16-8-6-11-7-9-18-10-11/h1-5,11,13H,6-10,15H2,(H,16,17)/t11?,13-/m1/s1. The highest BCUT2D eigenvalue weighted by molar-refractivity contribution is 5.82. The van der Waals surface area contributed by atoms with Crippen LogP contribution in [0, 0.1) is 5.92 Å². The molecule has 4 heteroatoms. The summed E-state index contributed by atoms with van der Waals surface area (Å²) >= 11 is 0. The molecule has 4 nitrogen and oxygen atoms in total. The van der Waals surface area contributed by atoms with Crippen molar-refractivity contribution in [2.75, 3.05) is 19.8 Å². The molecule has 1 saturated heterocycles. The van der Waals surface area contributed by atoms with Crippen molar-refractivity contribution in [3.63, 3.8) is 0 Å². The van der Waals surface area contributed by atoms with Crippen LogP contribution < -0.4 is 11.1 Å². The number of benzene rings is 1. The van der Waals surface area contributed by atoms with Gasteiger partial charge in [0.1, 0.15) is 6.04 Å². The van der Waals surface area contributed by atoms with Crippen LogP contribution in [0.25, 0.3) is 0 Å². The van der Waals surface area contributed by atoms with Crippen molar-refractivity contribution >= 4 is 5.91 Å². The smallest absolute Gasteiger partial charge is 0.241 e. The second kappa shape index (κ2) is 6.52. The summed E-state index contributed by atoms with van der Waals surface area (Å²) in [6, 6.07) is 8.85. The number of hydrogen-bond donors (Lipinski definition) is 2. The van der Waals surface area contributed by atoms with Gasteiger partial charge in [0.05, 0.1) is 0 Å². The van der Waals surface area contributed by atoms with Crippen LogP contribution >= 0.6 is 0 Å². The molecule has 1 aliphatic rings. The second-order valence-electron chi connectivity index (χ2n) is 4.70. The summed E-state index contributed by atoms with van der Waals surface area (Å²) in [5.41, 5.74) is 6.74. The van der Waals surface area contributed by atoms with Crippen LogP contribution in [0.2, 0.25) is 0 Å². The quantitative estimate of drug-likeness (QED) is 0.823. The fraction of sp³-hybridized carbons (Fsp3) is 0.500. The summed E-state index contributed by atoms with van der Waals surface area (Å²) in [4.78, 5) is 11.8. The highest BCUT2D eigenvalue weighted by Crippen LogP contribution is 2.15. The molecule has 0 radical (unpaired) electrons. The van der Waals surface area contributed by atoms with Gasteiger partial charge in [-0.1, -0.05) is 30.3 Å². The maximum atomic E-state index is 11.8. The molecule has 2 rings (SSSR count). The van der Waals surface area contributed by atoms with Gasteiger partial charge in [-0.2, -0.15) is 0 Å². The Bertz CT molecular complexity index is 375. The Balaban J connectivity index is 1.74. The first-order chi connectivity index (χ1) is 8.77. The van der Waals surface area contributed by atoms with Crippen molar-refractivity contribution in [1.29, 1.82) is 0 Å². The maximum absolute atomic E-state index is 11.8. The van der Waals surface area contributed by atoms with E-state index in [4.69, 9.17) is 10.5 Å². The van der Waals surface area contributed by atoms with Gasteiger partial charge in [0.25, 0.3) is 0 Å². The number of nitrogens with one attached hydrogen (secondary N) is 1. The van der Waals surface area contributed by atoms with Crippen LogP contribution in [-0.2, 0) is 9.53 Å². The molecule has 0 aliphatic carbocycles. The molecule has 0 aromatic heterocycles. The third-order valence-corrected chi connectivity index (χ3v) is 3.32. The van der Waals surface area contributed by atoms with Gasteiger partial charge < -0.3 is 15.8 Å². The Morgan fingerprint density at radius 1 is 1.44 bits per heavy atom. The molecule has 2 atom stereocenters. The monoisotopic (exact) mass is 248 g/mol. The van der Waals surface area contributed by atoms with E-state index < -0.39 is 6.04 Å². The Morgan fingerprint density at radius 2 is 2.22 bits per heavy atom. The third-order valence-electron chi connectivity index (χ3n) is 3.32. The van der Waals surface area contributed by atoms with Gasteiger partial charge in [-0.05, 0) is 24.3 Å². The molecule has 1 aromatic rings. The maximum Gasteiger partial charge on any atom is 0.241 e. The molecule has 98 valence electrons. The molecule has 1 aliphatic heterocycles. The van der Waals surface area contributed by atoms with Crippen molar-refractivity contribution in [3.8, 4) is 0 Å². The molecule has 0 saturated carbocycles. The van der Waals surface area contributed by atoms with E-state index in [1.807, 2.05) is 30.3 Å². The van der Waals surface area contributed by atoms with Crippen molar-refractivity contribution < 1.29 is 9.53 Å². The first kappa shape index (κ1) is 13.1. The summed E-state index contributed by atoms with van der Waals surface area (Å²) in [5, 5.41) is 2.89. The van der Waals surface area contributed by atoms with Crippen LogP contribution in [0.5, 0.6) is 0 Å². The minimum atomic E-state index is -0.578. The molecule has 1 aromatic carbocycles.